The van der Waals surface area contributed by atoms with Crippen molar-refractivity contribution >= 4 is 5.91 Å². The summed E-state index contributed by atoms with van der Waals surface area (Å²) in [6.45, 7) is 4.96. The number of amides is 1. The summed E-state index contributed by atoms with van der Waals surface area (Å²) >= 11 is 0. The highest BCUT2D eigenvalue weighted by atomic mass is 16.5. The summed E-state index contributed by atoms with van der Waals surface area (Å²) < 4.78 is 11.3. The average molecular weight is 356 g/mol. The molecule has 1 aromatic heterocycles. The zero-order valence-corrected chi connectivity index (χ0v) is 15.1. The molecule has 0 saturated carbocycles. The van der Waals surface area contributed by atoms with Gasteiger partial charge in [0.1, 0.15) is 18.0 Å². The fourth-order valence-electron chi connectivity index (χ4n) is 2.98. The molecule has 1 amide bonds. The molecule has 1 fully saturated rings. The Kier molecular flexibility index (Phi) is 5.54. The number of hydrogen-bond donors (Lipinski definition) is 1. The van der Waals surface area contributed by atoms with Crippen LogP contribution in [0, 0.1) is 13.8 Å². The van der Waals surface area contributed by atoms with Crippen LogP contribution in [-0.2, 0) is 4.74 Å². The summed E-state index contributed by atoms with van der Waals surface area (Å²) in [7, 11) is 0. The number of nitrogens with zero attached hydrogens (tertiary/aromatic N) is 2. The zero-order chi connectivity index (χ0) is 18.6. The van der Waals surface area contributed by atoms with E-state index < -0.39 is 5.60 Å². The van der Waals surface area contributed by atoms with Gasteiger partial charge in [-0.15, -0.1) is 0 Å². The number of carbonyl (C=O) groups excluding carboxylic acids is 1. The molecule has 3 rings (SSSR count). The van der Waals surface area contributed by atoms with Crippen molar-refractivity contribution in [3.8, 4) is 5.75 Å². The van der Waals surface area contributed by atoms with Crippen LogP contribution in [0.25, 0.3) is 0 Å². The van der Waals surface area contributed by atoms with Crippen molar-refractivity contribution in [1.29, 1.82) is 0 Å². The van der Waals surface area contributed by atoms with Crippen LogP contribution in [0.5, 0.6) is 5.75 Å². The van der Waals surface area contributed by atoms with E-state index in [1.807, 2.05) is 38.1 Å². The van der Waals surface area contributed by atoms with Gasteiger partial charge in [-0.3, -0.25) is 9.78 Å². The van der Waals surface area contributed by atoms with Gasteiger partial charge in [-0.25, -0.2) is 0 Å². The van der Waals surface area contributed by atoms with Gasteiger partial charge in [0.05, 0.1) is 19.8 Å². The Morgan fingerprint density at radius 1 is 1.38 bits per heavy atom. The highest BCUT2D eigenvalue weighted by Crippen LogP contribution is 2.19. The number of aryl methyl sites for hydroxylation is 2. The van der Waals surface area contributed by atoms with E-state index in [4.69, 9.17) is 9.47 Å². The number of pyridine rings is 1. The Labute approximate surface area is 153 Å². The monoisotopic (exact) mass is 356 g/mol. The molecule has 2 aromatic rings. The Balaban J connectivity index is 1.71. The Morgan fingerprint density at radius 2 is 2.23 bits per heavy atom. The quantitative estimate of drug-likeness (QED) is 0.907. The third-order valence-electron chi connectivity index (χ3n) is 4.40. The first-order valence-electron chi connectivity index (χ1n) is 8.66. The number of β-amino-alcohol motifs (C(OH)–C–C–N with tert-alkyl or cyclic N) is 1. The summed E-state index contributed by atoms with van der Waals surface area (Å²) in [6.07, 6.45) is 3.26. The predicted molar refractivity (Wildman–Crippen MR) is 97.3 cm³/mol. The molecule has 1 aliphatic heterocycles. The summed E-state index contributed by atoms with van der Waals surface area (Å²) in [6, 6.07) is 9.33. The van der Waals surface area contributed by atoms with Crippen molar-refractivity contribution in [3.05, 3.63) is 59.4 Å². The SMILES string of the molecule is Cc1cccc(OCC2(O)COCCN(C(=O)c3ccncc3C)C2)c1. The minimum atomic E-state index is -1.27. The Morgan fingerprint density at radius 3 is 3.00 bits per heavy atom. The number of aliphatic hydroxyl groups is 1. The largest absolute Gasteiger partial charge is 0.490 e. The minimum absolute atomic E-state index is 0.0512. The second kappa shape index (κ2) is 7.85. The lowest BCUT2D eigenvalue weighted by molar-refractivity contribution is -0.0621. The number of ether oxygens (including phenoxy) is 2. The maximum absolute atomic E-state index is 12.9. The first-order chi connectivity index (χ1) is 12.5. The highest BCUT2D eigenvalue weighted by Gasteiger charge is 2.36. The van der Waals surface area contributed by atoms with Crippen molar-refractivity contribution in [2.24, 2.45) is 0 Å². The number of benzene rings is 1. The molecule has 138 valence electrons. The van der Waals surface area contributed by atoms with E-state index in [0.29, 0.717) is 24.5 Å². The number of carbonyl (C=O) groups is 1. The average Bonchev–Trinajstić information content (AvgIpc) is 2.82. The van der Waals surface area contributed by atoms with Crippen molar-refractivity contribution in [2.45, 2.75) is 19.4 Å². The normalized spacial score (nSPS) is 20.5. The van der Waals surface area contributed by atoms with E-state index in [9.17, 15) is 9.90 Å². The molecule has 1 saturated heterocycles. The maximum atomic E-state index is 12.9. The van der Waals surface area contributed by atoms with Crippen LogP contribution >= 0.6 is 0 Å². The molecule has 1 aliphatic rings. The first kappa shape index (κ1) is 18.4. The van der Waals surface area contributed by atoms with Gasteiger partial charge in [-0.1, -0.05) is 12.1 Å². The lowest BCUT2D eigenvalue weighted by Crippen LogP contribution is -2.50. The van der Waals surface area contributed by atoms with Crippen LogP contribution in [0.4, 0.5) is 0 Å². The summed E-state index contributed by atoms with van der Waals surface area (Å²) in [5, 5.41) is 11.0. The van der Waals surface area contributed by atoms with Gasteiger partial charge in [-0.05, 0) is 43.2 Å². The maximum Gasteiger partial charge on any atom is 0.254 e. The van der Waals surface area contributed by atoms with E-state index in [0.717, 1.165) is 11.1 Å². The standard InChI is InChI=1S/C20H24N2O4/c1-15-4-3-5-17(10-15)26-14-20(24)12-22(8-9-25-13-20)19(23)18-6-7-21-11-16(18)2/h3-7,10-11,24H,8-9,12-14H2,1-2H3. The number of rotatable bonds is 4. The van der Waals surface area contributed by atoms with E-state index in [1.165, 1.54) is 0 Å². The van der Waals surface area contributed by atoms with Crippen LogP contribution < -0.4 is 4.74 Å². The smallest absolute Gasteiger partial charge is 0.254 e. The molecule has 0 spiro atoms. The van der Waals surface area contributed by atoms with E-state index >= 15 is 0 Å². The minimum Gasteiger partial charge on any atom is -0.490 e. The molecular formula is C20H24N2O4. The Hall–Kier alpha value is -2.44. The zero-order valence-electron chi connectivity index (χ0n) is 15.1. The predicted octanol–water partition coefficient (Wildman–Crippen LogP) is 1.98. The Bertz CT molecular complexity index is 780. The molecule has 1 N–H and O–H groups in total. The molecule has 0 aliphatic carbocycles. The molecule has 1 aromatic carbocycles. The fourth-order valence-corrected chi connectivity index (χ4v) is 2.98. The summed E-state index contributed by atoms with van der Waals surface area (Å²) in [4.78, 5) is 18.5. The van der Waals surface area contributed by atoms with Gasteiger partial charge >= 0.3 is 0 Å². The van der Waals surface area contributed by atoms with Gasteiger partial charge in [0.15, 0.2) is 0 Å². The number of aromatic nitrogens is 1. The van der Waals surface area contributed by atoms with Crippen LogP contribution in [0.1, 0.15) is 21.5 Å². The molecule has 6 nitrogen and oxygen atoms in total. The molecule has 6 heteroatoms. The summed E-state index contributed by atoms with van der Waals surface area (Å²) in [5.74, 6) is 0.551. The lowest BCUT2D eigenvalue weighted by Gasteiger charge is -2.31. The van der Waals surface area contributed by atoms with Gasteiger partial charge in [0.25, 0.3) is 5.91 Å². The molecule has 0 bridgehead atoms. The van der Waals surface area contributed by atoms with Gasteiger partial charge in [-0.2, -0.15) is 0 Å². The number of hydrogen-bond acceptors (Lipinski definition) is 5. The highest BCUT2D eigenvalue weighted by molar-refractivity contribution is 5.95. The van der Waals surface area contributed by atoms with Crippen LogP contribution in [0.15, 0.2) is 42.7 Å². The van der Waals surface area contributed by atoms with E-state index in [1.54, 1.807) is 23.4 Å². The second-order valence-electron chi connectivity index (χ2n) is 6.80. The van der Waals surface area contributed by atoms with Crippen LogP contribution in [0.3, 0.4) is 0 Å². The molecule has 1 unspecified atom stereocenters. The summed E-state index contributed by atoms with van der Waals surface area (Å²) in [5.41, 5.74) is 1.21. The van der Waals surface area contributed by atoms with Crippen molar-refractivity contribution in [3.63, 3.8) is 0 Å². The topological polar surface area (TPSA) is 71.9 Å². The van der Waals surface area contributed by atoms with Crippen LogP contribution in [-0.4, -0.2) is 59.4 Å². The van der Waals surface area contributed by atoms with Crippen molar-refractivity contribution in [2.75, 3.05) is 32.9 Å². The molecule has 1 atom stereocenters. The van der Waals surface area contributed by atoms with Crippen molar-refractivity contribution in [1.82, 2.24) is 9.88 Å². The van der Waals surface area contributed by atoms with Gasteiger partial charge in [0, 0.05) is 24.5 Å². The lowest BCUT2D eigenvalue weighted by atomic mass is 10.0. The third kappa shape index (κ3) is 4.39. The van der Waals surface area contributed by atoms with E-state index in [-0.39, 0.29) is 25.7 Å². The molecule has 0 radical (unpaired) electrons. The van der Waals surface area contributed by atoms with Gasteiger partial charge < -0.3 is 19.5 Å². The third-order valence-corrected chi connectivity index (χ3v) is 4.40. The molecular weight excluding hydrogens is 332 g/mol. The molecule has 2 heterocycles. The van der Waals surface area contributed by atoms with E-state index in [2.05, 4.69) is 4.98 Å². The first-order valence-corrected chi connectivity index (χ1v) is 8.66. The fraction of sp³-hybridized carbons (Fsp3) is 0.400. The molecule has 26 heavy (non-hydrogen) atoms. The van der Waals surface area contributed by atoms with Gasteiger partial charge in [0.2, 0.25) is 0 Å². The van der Waals surface area contributed by atoms with Crippen molar-refractivity contribution < 1.29 is 19.4 Å². The van der Waals surface area contributed by atoms with Crippen LogP contribution in [0.2, 0.25) is 0 Å². The second-order valence-corrected chi connectivity index (χ2v) is 6.80.